The molecule has 0 aromatic heterocycles. The molecule has 4 heteroatoms. The van der Waals surface area contributed by atoms with Gasteiger partial charge in [-0.05, 0) is 60.0 Å². The number of hydrogen-bond donors (Lipinski definition) is 1. The maximum Gasteiger partial charge on any atom is 0.228 e. The highest BCUT2D eigenvalue weighted by molar-refractivity contribution is 7.99. The molecule has 0 bridgehead atoms. The van der Waals surface area contributed by atoms with Gasteiger partial charge in [0, 0.05) is 22.9 Å². The van der Waals surface area contributed by atoms with Gasteiger partial charge in [-0.3, -0.25) is 9.69 Å². The molecule has 3 nitrogen and oxygen atoms in total. The van der Waals surface area contributed by atoms with E-state index in [2.05, 4.69) is 70.9 Å². The fourth-order valence-corrected chi connectivity index (χ4v) is 5.52. The van der Waals surface area contributed by atoms with E-state index >= 15 is 0 Å². The third-order valence-corrected chi connectivity index (χ3v) is 7.35. The average Bonchev–Trinajstić information content (AvgIpc) is 2.86. The van der Waals surface area contributed by atoms with Crippen molar-refractivity contribution >= 4 is 34.1 Å². The summed E-state index contributed by atoms with van der Waals surface area (Å²) in [6.07, 6.45) is 1.98. The van der Waals surface area contributed by atoms with Crippen LogP contribution in [0.4, 0.5) is 5.69 Å². The minimum Gasteiger partial charge on any atom is -0.325 e. The maximum atomic E-state index is 13.2. The van der Waals surface area contributed by atoms with Crippen molar-refractivity contribution in [2.75, 3.05) is 18.4 Å². The molecule has 0 aliphatic carbocycles. The van der Waals surface area contributed by atoms with Crippen molar-refractivity contribution in [1.82, 2.24) is 4.90 Å². The molecule has 1 unspecified atom stereocenters. The van der Waals surface area contributed by atoms with Gasteiger partial charge in [0.05, 0.1) is 11.6 Å². The minimum atomic E-state index is 0.00325. The van der Waals surface area contributed by atoms with Crippen LogP contribution in [-0.4, -0.2) is 23.9 Å². The van der Waals surface area contributed by atoms with Gasteiger partial charge in [0.15, 0.2) is 0 Å². The highest BCUT2D eigenvalue weighted by atomic mass is 32.2. The summed E-state index contributed by atoms with van der Waals surface area (Å²) in [6, 6.07) is 33.4. The monoisotopic (exact) mass is 452 g/mol. The first-order valence-corrected chi connectivity index (χ1v) is 12.4. The number of nitrogens with one attached hydrogen (secondary N) is 1. The summed E-state index contributed by atoms with van der Waals surface area (Å²) in [5.41, 5.74) is 2.22. The predicted octanol–water partition coefficient (Wildman–Crippen LogP) is 6.84. The standard InChI is InChI=1S/C29H28N2OS/c32-29(30-27-17-6-7-18-28(27)33-25-14-2-1-3-15-25)24-13-9-19-31(21-24)20-23-12-8-11-22-10-4-5-16-26(22)23/h1-8,10-12,14-18,24H,9,13,19-21H2,(H,30,32). The number of fused-ring (bicyclic) bond motifs is 1. The first-order valence-electron chi connectivity index (χ1n) is 11.6. The van der Waals surface area contributed by atoms with Crippen molar-refractivity contribution in [3.05, 3.63) is 103 Å². The van der Waals surface area contributed by atoms with Gasteiger partial charge in [0.2, 0.25) is 5.91 Å². The number of piperidine rings is 1. The molecule has 166 valence electrons. The average molecular weight is 453 g/mol. The molecule has 0 radical (unpaired) electrons. The van der Waals surface area contributed by atoms with E-state index in [1.165, 1.54) is 16.3 Å². The first-order chi connectivity index (χ1) is 16.3. The van der Waals surface area contributed by atoms with Crippen LogP contribution in [0.25, 0.3) is 10.8 Å². The third-order valence-electron chi connectivity index (χ3n) is 6.27. The number of carbonyl (C=O) groups is 1. The van der Waals surface area contributed by atoms with Crippen LogP contribution in [0.3, 0.4) is 0 Å². The van der Waals surface area contributed by atoms with Gasteiger partial charge in [-0.2, -0.15) is 0 Å². The van der Waals surface area contributed by atoms with Gasteiger partial charge in [-0.1, -0.05) is 84.6 Å². The van der Waals surface area contributed by atoms with Crippen LogP contribution in [-0.2, 0) is 11.3 Å². The lowest BCUT2D eigenvalue weighted by Gasteiger charge is -2.32. The Kier molecular flexibility index (Phi) is 6.75. The Morgan fingerprint density at radius 2 is 1.64 bits per heavy atom. The summed E-state index contributed by atoms with van der Waals surface area (Å²) >= 11 is 1.68. The molecule has 5 rings (SSSR count). The number of benzene rings is 4. The Balaban J connectivity index is 1.26. The number of rotatable bonds is 6. The quantitative estimate of drug-likeness (QED) is 0.347. The largest absolute Gasteiger partial charge is 0.325 e. The number of anilines is 1. The molecule has 1 amide bonds. The summed E-state index contributed by atoms with van der Waals surface area (Å²) < 4.78 is 0. The summed E-state index contributed by atoms with van der Waals surface area (Å²) in [4.78, 5) is 17.9. The normalized spacial score (nSPS) is 16.5. The number of nitrogens with zero attached hydrogens (tertiary/aromatic N) is 1. The molecular formula is C29H28N2OS. The fraction of sp³-hybridized carbons (Fsp3) is 0.207. The number of carbonyl (C=O) groups excluding carboxylic acids is 1. The Morgan fingerprint density at radius 3 is 2.55 bits per heavy atom. The molecule has 1 aliphatic rings. The second-order valence-electron chi connectivity index (χ2n) is 8.61. The van der Waals surface area contributed by atoms with Crippen molar-refractivity contribution in [2.45, 2.75) is 29.2 Å². The van der Waals surface area contributed by atoms with Crippen LogP contribution in [0.2, 0.25) is 0 Å². The zero-order chi connectivity index (χ0) is 22.5. The Morgan fingerprint density at radius 1 is 0.879 bits per heavy atom. The number of hydrogen-bond acceptors (Lipinski definition) is 3. The molecule has 1 heterocycles. The molecule has 1 saturated heterocycles. The van der Waals surface area contributed by atoms with Crippen LogP contribution >= 0.6 is 11.8 Å². The van der Waals surface area contributed by atoms with Crippen molar-refractivity contribution < 1.29 is 4.79 Å². The number of amides is 1. The molecule has 1 aliphatic heterocycles. The van der Waals surface area contributed by atoms with E-state index in [1.807, 2.05) is 36.4 Å². The van der Waals surface area contributed by atoms with Crippen molar-refractivity contribution in [3.8, 4) is 0 Å². The second-order valence-corrected chi connectivity index (χ2v) is 9.73. The van der Waals surface area contributed by atoms with Crippen LogP contribution in [0.15, 0.2) is 107 Å². The molecule has 33 heavy (non-hydrogen) atoms. The van der Waals surface area contributed by atoms with Gasteiger partial charge in [-0.25, -0.2) is 0 Å². The van der Waals surface area contributed by atoms with E-state index in [0.29, 0.717) is 0 Å². The third kappa shape index (κ3) is 5.29. The lowest BCUT2D eigenvalue weighted by atomic mass is 9.96. The van der Waals surface area contributed by atoms with E-state index < -0.39 is 0 Å². The van der Waals surface area contributed by atoms with E-state index in [9.17, 15) is 4.79 Å². The van der Waals surface area contributed by atoms with Gasteiger partial charge >= 0.3 is 0 Å². The molecular weight excluding hydrogens is 424 g/mol. The summed E-state index contributed by atoms with van der Waals surface area (Å²) in [7, 11) is 0. The molecule has 0 saturated carbocycles. The lowest BCUT2D eigenvalue weighted by Crippen LogP contribution is -2.40. The molecule has 4 aromatic rings. The topological polar surface area (TPSA) is 32.3 Å². The van der Waals surface area contributed by atoms with Crippen molar-refractivity contribution in [2.24, 2.45) is 5.92 Å². The second kappa shape index (κ2) is 10.2. The smallest absolute Gasteiger partial charge is 0.228 e. The number of para-hydroxylation sites is 1. The fourth-order valence-electron chi connectivity index (χ4n) is 4.59. The van der Waals surface area contributed by atoms with Crippen LogP contribution in [0.1, 0.15) is 18.4 Å². The molecule has 4 aromatic carbocycles. The summed E-state index contributed by atoms with van der Waals surface area (Å²) in [6.45, 7) is 2.71. The molecule has 0 spiro atoms. The van der Waals surface area contributed by atoms with Gasteiger partial charge in [-0.15, -0.1) is 0 Å². The van der Waals surface area contributed by atoms with Gasteiger partial charge < -0.3 is 5.32 Å². The van der Waals surface area contributed by atoms with Crippen molar-refractivity contribution in [1.29, 1.82) is 0 Å². The molecule has 1 atom stereocenters. The highest BCUT2D eigenvalue weighted by Gasteiger charge is 2.26. The van der Waals surface area contributed by atoms with Crippen LogP contribution in [0, 0.1) is 5.92 Å². The summed E-state index contributed by atoms with van der Waals surface area (Å²) in [5.74, 6) is 0.127. The molecule has 1 N–H and O–H groups in total. The summed E-state index contributed by atoms with van der Waals surface area (Å²) in [5, 5.41) is 5.80. The van der Waals surface area contributed by atoms with E-state index in [4.69, 9.17) is 0 Å². The minimum absolute atomic E-state index is 0.00325. The van der Waals surface area contributed by atoms with Crippen LogP contribution in [0.5, 0.6) is 0 Å². The zero-order valence-corrected chi connectivity index (χ0v) is 19.4. The Labute approximate surface area is 199 Å². The van der Waals surface area contributed by atoms with Crippen LogP contribution < -0.4 is 5.32 Å². The van der Waals surface area contributed by atoms with E-state index in [0.717, 1.165) is 48.0 Å². The zero-order valence-electron chi connectivity index (χ0n) is 18.6. The Hall–Kier alpha value is -3.08. The first kappa shape index (κ1) is 21.7. The van der Waals surface area contributed by atoms with Gasteiger partial charge in [0.25, 0.3) is 0 Å². The van der Waals surface area contributed by atoms with Gasteiger partial charge in [0.1, 0.15) is 0 Å². The Bertz CT molecular complexity index is 1240. The predicted molar refractivity (Wildman–Crippen MR) is 138 cm³/mol. The highest BCUT2D eigenvalue weighted by Crippen LogP contribution is 2.34. The van der Waals surface area contributed by atoms with E-state index in [-0.39, 0.29) is 11.8 Å². The number of likely N-dealkylation sites (tertiary alicyclic amines) is 1. The van der Waals surface area contributed by atoms with E-state index in [1.54, 1.807) is 11.8 Å². The SMILES string of the molecule is O=C(Nc1ccccc1Sc1ccccc1)C1CCCN(Cc2cccc3ccccc23)C1. The lowest BCUT2D eigenvalue weighted by molar-refractivity contribution is -0.121. The molecule has 1 fully saturated rings. The van der Waals surface area contributed by atoms with Crippen molar-refractivity contribution in [3.63, 3.8) is 0 Å². The maximum absolute atomic E-state index is 13.2.